The van der Waals surface area contributed by atoms with Crippen LogP contribution in [0.2, 0.25) is 19.6 Å². The van der Waals surface area contributed by atoms with Gasteiger partial charge in [0.15, 0.2) is 0 Å². The fourth-order valence-corrected chi connectivity index (χ4v) is 2.95. The molecule has 3 heteroatoms. The molecule has 98 valence electrons. The van der Waals surface area contributed by atoms with Gasteiger partial charge in [-0.15, -0.1) is 5.54 Å². The van der Waals surface area contributed by atoms with E-state index in [1.807, 2.05) is 7.11 Å². The van der Waals surface area contributed by atoms with Gasteiger partial charge in [-0.25, -0.2) is 0 Å². The quantitative estimate of drug-likeness (QED) is 0.566. The van der Waals surface area contributed by atoms with Gasteiger partial charge in [-0.3, -0.25) is 4.90 Å². The number of hydrogen-bond donors (Lipinski definition) is 0. The zero-order valence-corrected chi connectivity index (χ0v) is 13.3. The zero-order chi connectivity index (χ0) is 13.1. The van der Waals surface area contributed by atoms with Crippen LogP contribution in [0.1, 0.15) is 26.7 Å². The molecular weight excluding hydrogens is 226 g/mol. The Labute approximate surface area is 108 Å². The molecule has 1 aliphatic heterocycles. The third kappa shape index (κ3) is 4.46. The number of likely N-dealkylation sites (tertiary alicyclic amines) is 1. The molecule has 0 amide bonds. The molecule has 0 spiro atoms. The Bertz CT molecular complexity index is 308. The van der Waals surface area contributed by atoms with Crippen LogP contribution in [0, 0.1) is 11.5 Å². The number of ether oxygens (including phenoxy) is 1. The predicted octanol–water partition coefficient (Wildman–Crippen LogP) is 2.76. The summed E-state index contributed by atoms with van der Waals surface area (Å²) in [4.78, 5) is 2.48. The second-order valence-electron chi connectivity index (χ2n) is 6.49. The van der Waals surface area contributed by atoms with E-state index in [9.17, 15) is 0 Å². The molecule has 1 aliphatic rings. The van der Waals surface area contributed by atoms with Crippen LogP contribution in [-0.2, 0) is 4.74 Å². The van der Waals surface area contributed by atoms with Gasteiger partial charge in [0.25, 0.3) is 0 Å². The molecule has 0 radical (unpaired) electrons. The zero-order valence-electron chi connectivity index (χ0n) is 12.3. The summed E-state index contributed by atoms with van der Waals surface area (Å²) in [6.07, 6.45) is 2.50. The van der Waals surface area contributed by atoms with Crippen molar-refractivity contribution in [2.45, 2.75) is 58.0 Å². The van der Waals surface area contributed by atoms with Crippen molar-refractivity contribution in [3.05, 3.63) is 0 Å². The maximum atomic E-state index is 5.62. The summed E-state index contributed by atoms with van der Waals surface area (Å²) >= 11 is 0. The molecule has 1 atom stereocenters. The molecule has 0 saturated carbocycles. The number of hydrogen-bond acceptors (Lipinski definition) is 2. The second kappa shape index (κ2) is 5.56. The Balaban J connectivity index is 2.61. The van der Waals surface area contributed by atoms with Gasteiger partial charge in [-0.05, 0) is 33.2 Å². The topological polar surface area (TPSA) is 12.5 Å². The maximum absolute atomic E-state index is 5.62. The van der Waals surface area contributed by atoms with Gasteiger partial charge in [0, 0.05) is 13.2 Å². The first kappa shape index (κ1) is 14.8. The molecule has 1 saturated heterocycles. The second-order valence-corrected chi connectivity index (χ2v) is 11.2. The van der Waals surface area contributed by atoms with E-state index in [0.29, 0.717) is 6.04 Å². The first-order valence-corrected chi connectivity index (χ1v) is 10.1. The van der Waals surface area contributed by atoms with Gasteiger partial charge in [-0.2, -0.15) is 0 Å². The minimum Gasteiger partial charge on any atom is -0.377 e. The smallest absolute Gasteiger partial charge is 0.129 e. The van der Waals surface area contributed by atoms with Crippen LogP contribution in [0.25, 0.3) is 0 Å². The first-order valence-electron chi connectivity index (χ1n) is 6.55. The van der Waals surface area contributed by atoms with Crippen LogP contribution < -0.4 is 0 Å². The maximum Gasteiger partial charge on any atom is 0.129 e. The molecule has 0 bridgehead atoms. The van der Waals surface area contributed by atoms with E-state index in [4.69, 9.17) is 4.74 Å². The molecule has 0 aromatic carbocycles. The van der Waals surface area contributed by atoms with Gasteiger partial charge < -0.3 is 4.74 Å². The fraction of sp³-hybridized carbons (Fsp3) is 0.857. The Morgan fingerprint density at radius 3 is 2.53 bits per heavy atom. The minimum atomic E-state index is -1.22. The van der Waals surface area contributed by atoms with Crippen molar-refractivity contribution in [1.82, 2.24) is 4.90 Å². The largest absolute Gasteiger partial charge is 0.377 e. The summed E-state index contributed by atoms with van der Waals surface area (Å²) in [5, 5.41) is 0. The monoisotopic (exact) mass is 253 g/mol. The van der Waals surface area contributed by atoms with Gasteiger partial charge >= 0.3 is 0 Å². The van der Waals surface area contributed by atoms with Crippen molar-refractivity contribution in [3.8, 4) is 11.5 Å². The van der Waals surface area contributed by atoms with E-state index < -0.39 is 8.07 Å². The number of rotatable bonds is 3. The Morgan fingerprint density at radius 2 is 2.00 bits per heavy atom. The van der Waals surface area contributed by atoms with Crippen LogP contribution in [0.4, 0.5) is 0 Å². The van der Waals surface area contributed by atoms with Crippen molar-refractivity contribution >= 4 is 8.07 Å². The summed E-state index contributed by atoms with van der Waals surface area (Å²) in [6, 6.07) is 0.517. The SMILES string of the molecule is COC(C)(C)[C@@H]1CCCN1CC#C[Si](C)(C)C. The molecule has 2 nitrogen and oxygen atoms in total. The van der Waals surface area contributed by atoms with E-state index in [1.165, 1.54) is 12.8 Å². The molecule has 0 unspecified atom stereocenters. The summed E-state index contributed by atoms with van der Waals surface area (Å²) in [7, 11) is 0.585. The fourth-order valence-electron chi connectivity index (χ4n) is 2.34. The van der Waals surface area contributed by atoms with Gasteiger partial charge in [0.05, 0.1) is 12.1 Å². The first-order chi connectivity index (χ1) is 7.76. The average molecular weight is 253 g/mol. The molecule has 0 N–H and O–H groups in total. The number of methoxy groups -OCH3 is 1. The highest BCUT2D eigenvalue weighted by molar-refractivity contribution is 6.83. The summed E-state index contributed by atoms with van der Waals surface area (Å²) in [5.74, 6) is 3.38. The van der Waals surface area contributed by atoms with Crippen LogP contribution in [0.5, 0.6) is 0 Å². The molecule has 0 aromatic heterocycles. The standard InChI is InChI=1S/C14H27NOSi/c1-14(2,16-3)13-9-7-10-15(13)11-8-12-17(4,5)6/h13H,7,9-11H2,1-6H3/t13-/m0/s1. The van der Waals surface area contributed by atoms with E-state index >= 15 is 0 Å². The Morgan fingerprint density at radius 1 is 1.35 bits per heavy atom. The van der Waals surface area contributed by atoms with Gasteiger partial charge in [0.2, 0.25) is 0 Å². The summed E-state index contributed by atoms with van der Waals surface area (Å²) < 4.78 is 5.62. The minimum absolute atomic E-state index is 0.0582. The van der Waals surface area contributed by atoms with Crippen LogP contribution in [0.3, 0.4) is 0 Å². The normalized spacial score (nSPS) is 22.4. The molecule has 1 heterocycles. The van der Waals surface area contributed by atoms with Gasteiger partial charge in [0.1, 0.15) is 8.07 Å². The summed E-state index contributed by atoms with van der Waals surface area (Å²) in [5.41, 5.74) is 3.39. The Hall–Kier alpha value is -0.303. The van der Waals surface area contributed by atoms with Crippen molar-refractivity contribution in [2.24, 2.45) is 0 Å². The van der Waals surface area contributed by atoms with Crippen LogP contribution >= 0.6 is 0 Å². The van der Waals surface area contributed by atoms with Crippen LogP contribution in [-0.4, -0.2) is 44.8 Å². The lowest BCUT2D eigenvalue weighted by Gasteiger charge is -2.35. The lowest BCUT2D eigenvalue weighted by Crippen LogP contribution is -2.47. The third-order valence-electron chi connectivity index (χ3n) is 3.44. The van der Waals surface area contributed by atoms with Crippen molar-refractivity contribution in [3.63, 3.8) is 0 Å². The highest BCUT2D eigenvalue weighted by Crippen LogP contribution is 2.28. The van der Waals surface area contributed by atoms with Crippen molar-refractivity contribution < 1.29 is 4.74 Å². The lowest BCUT2D eigenvalue weighted by molar-refractivity contribution is -0.0369. The molecular formula is C14H27NOSi. The third-order valence-corrected chi connectivity index (χ3v) is 4.36. The lowest BCUT2D eigenvalue weighted by atomic mass is 9.96. The number of nitrogens with zero attached hydrogens (tertiary/aromatic N) is 1. The van der Waals surface area contributed by atoms with Crippen molar-refractivity contribution in [1.29, 1.82) is 0 Å². The average Bonchev–Trinajstić information content (AvgIpc) is 2.65. The highest BCUT2D eigenvalue weighted by Gasteiger charge is 2.36. The van der Waals surface area contributed by atoms with E-state index in [0.717, 1.165) is 13.1 Å². The van der Waals surface area contributed by atoms with Gasteiger partial charge in [-0.1, -0.05) is 25.6 Å². The molecule has 0 aromatic rings. The van der Waals surface area contributed by atoms with E-state index in [-0.39, 0.29) is 5.60 Å². The highest BCUT2D eigenvalue weighted by atomic mass is 28.3. The molecule has 17 heavy (non-hydrogen) atoms. The summed E-state index contributed by atoms with van der Waals surface area (Å²) in [6.45, 7) is 13.3. The molecule has 1 fully saturated rings. The Kier molecular flexibility index (Phi) is 4.83. The molecule has 0 aliphatic carbocycles. The van der Waals surface area contributed by atoms with E-state index in [1.54, 1.807) is 0 Å². The van der Waals surface area contributed by atoms with Crippen LogP contribution in [0.15, 0.2) is 0 Å². The molecule has 1 rings (SSSR count). The van der Waals surface area contributed by atoms with E-state index in [2.05, 4.69) is 49.9 Å². The van der Waals surface area contributed by atoms with Crippen molar-refractivity contribution in [2.75, 3.05) is 20.2 Å². The predicted molar refractivity (Wildman–Crippen MR) is 76.8 cm³/mol.